The summed E-state index contributed by atoms with van der Waals surface area (Å²) < 4.78 is 26.1. The van der Waals surface area contributed by atoms with Crippen LogP contribution in [0.1, 0.15) is 11.1 Å². The second kappa shape index (κ2) is 12.6. The van der Waals surface area contributed by atoms with E-state index in [-0.39, 0.29) is 5.56 Å². The SMILES string of the molecule is COc1ccnc(F)c1-c1ccc(NCOCCS(C)(C)C)c(C(=N)c2ccnc(N3CCNCC3)c2)c1. The number of nitrogens with zero attached hydrogens (tertiary/aromatic N) is 3. The average Bonchev–Trinajstić information content (AvgIpc) is 2.92. The summed E-state index contributed by atoms with van der Waals surface area (Å²) >= 11 is 0. The van der Waals surface area contributed by atoms with Crippen LogP contribution in [0.2, 0.25) is 0 Å². The summed E-state index contributed by atoms with van der Waals surface area (Å²) in [5.74, 6) is 1.61. The Bertz CT molecular complexity index is 1260. The van der Waals surface area contributed by atoms with E-state index < -0.39 is 16.0 Å². The Morgan fingerprint density at radius 3 is 2.61 bits per heavy atom. The number of pyridine rings is 2. The van der Waals surface area contributed by atoms with E-state index in [1.165, 1.54) is 13.3 Å². The summed E-state index contributed by atoms with van der Waals surface area (Å²) in [6.45, 7) is 4.48. The van der Waals surface area contributed by atoms with Crippen LogP contribution in [0, 0.1) is 11.4 Å². The molecule has 1 aromatic carbocycles. The zero-order chi connectivity index (χ0) is 27.1. The number of halogens is 1. The topological polar surface area (TPSA) is 95.4 Å². The molecule has 1 aliphatic heterocycles. The third-order valence-corrected chi connectivity index (χ3v) is 7.74. The minimum atomic E-state index is -0.641. The minimum absolute atomic E-state index is 0.260. The van der Waals surface area contributed by atoms with E-state index in [0.717, 1.165) is 49.0 Å². The molecule has 3 N–H and O–H groups in total. The summed E-state index contributed by atoms with van der Waals surface area (Å²) in [5.41, 5.74) is 3.21. The fraction of sp³-hybridized carbons (Fsp3) is 0.393. The third-order valence-electron chi connectivity index (χ3n) is 6.34. The zero-order valence-corrected chi connectivity index (χ0v) is 23.3. The van der Waals surface area contributed by atoms with Gasteiger partial charge in [0.1, 0.15) is 18.3 Å². The highest BCUT2D eigenvalue weighted by molar-refractivity contribution is 8.32. The summed E-state index contributed by atoms with van der Waals surface area (Å²) in [5, 5.41) is 15.8. The molecule has 204 valence electrons. The van der Waals surface area contributed by atoms with Crippen molar-refractivity contribution in [2.45, 2.75) is 0 Å². The smallest absolute Gasteiger partial charge is 0.224 e. The van der Waals surface area contributed by atoms with E-state index in [1.54, 1.807) is 24.4 Å². The number of piperazine rings is 1. The molecule has 0 unspecified atom stereocenters. The molecular formula is C28H37FN6O2S. The number of methoxy groups -OCH3 is 1. The predicted octanol–water partition coefficient (Wildman–Crippen LogP) is 4.20. The van der Waals surface area contributed by atoms with Gasteiger partial charge in [-0.1, -0.05) is 6.07 Å². The Hall–Kier alpha value is -3.21. The van der Waals surface area contributed by atoms with Gasteiger partial charge in [-0.15, -0.1) is 0 Å². The van der Waals surface area contributed by atoms with Crippen molar-refractivity contribution in [1.29, 1.82) is 5.41 Å². The normalized spacial score (nSPS) is 14.3. The van der Waals surface area contributed by atoms with Gasteiger partial charge in [0.15, 0.2) is 0 Å². The molecule has 1 aliphatic rings. The summed E-state index contributed by atoms with van der Waals surface area (Å²) in [6, 6.07) is 10.9. The van der Waals surface area contributed by atoms with Gasteiger partial charge in [-0.2, -0.15) is 4.39 Å². The maximum atomic E-state index is 14.8. The van der Waals surface area contributed by atoms with Gasteiger partial charge in [0, 0.05) is 61.1 Å². The second-order valence-electron chi connectivity index (χ2n) is 9.98. The van der Waals surface area contributed by atoms with Crippen molar-refractivity contribution in [2.24, 2.45) is 0 Å². The highest BCUT2D eigenvalue weighted by Crippen LogP contribution is 2.35. The van der Waals surface area contributed by atoms with E-state index in [0.29, 0.717) is 35.9 Å². The number of hydrogen-bond donors (Lipinski definition) is 3. The molecule has 2 aromatic heterocycles. The van der Waals surface area contributed by atoms with E-state index in [9.17, 15) is 4.39 Å². The second-order valence-corrected chi connectivity index (χ2v) is 14.6. The number of ether oxygens (including phenoxy) is 2. The number of nitrogens with one attached hydrogen (secondary N) is 3. The van der Waals surface area contributed by atoms with Crippen LogP contribution in [0.3, 0.4) is 0 Å². The molecule has 0 bridgehead atoms. The average molecular weight is 541 g/mol. The summed E-state index contributed by atoms with van der Waals surface area (Å²) in [6.07, 6.45) is 9.90. The van der Waals surface area contributed by atoms with Gasteiger partial charge < -0.3 is 25.0 Å². The highest BCUT2D eigenvalue weighted by Gasteiger charge is 2.19. The monoisotopic (exact) mass is 540 g/mol. The van der Waals surface area contributed by atoms with Gasteiger partial charge in [-0.3, -0.25) is 5.41 Å². The molecule has 10 heteroatoms. The van der Waals surface area contributed by atoms with Gasteiger partial charge in [0.05, 0.1) is 25.0 Å². The maximum absolute atomic E-state index is 14.8. The number of benzene rings is 1. The Kier molecular flexibility index (Phi) is 9.19. The van der Waals surface area contributed by atoms with Crippen LogP contribution >= 0.6 is 10.0 Å². The zero-order valence-electron chi connectivity index (χ0n) is 22.5. The van der Waals surface area contributed by atoms with Crippen LogP contribution in [0.4, 0.5) is 15.9 Å². The molecule has 0 aliphatic carbocycles. The molecule has 0 atom stereocenters. The van der Waals surface area contributed by atoms with Crippen molar-refractivity contribution in [3.63, 3.8) is 0 Å². The van der Waals surface area contributed by atoms with Crippen molar-refractivity contribution in [1.82, 2.24) is 15.3 Å². The van der Waals surface area contributed by atoms with Crippen LogP contribution in [-0.4, -0.2) is 86.8 Å². The Balaban J connectivity index is 1.66. The van der Waals surface area contributed by atoms with Gasteiger partial charge >= 0.3 is 0 Å². The predicted molar refractivity (Wildman–Crippen MR) is 156 cm³/mol. The third kappa shape index (κ3) is 7.00. The minimum Gasteiger partial charge on any atom is -0.496 e. The molecule has 0 amide bonds. The molecule has 1 saturated heterocycles. The maximum Gasteiger partial charge on any atom is 0.224 e. The molecular weight excluding hydrogens is 503 g/mol. The van der Waals surface area contributed by atoms with Crippen molar-refractivity contribution >= 4 is 27.2 Å². The van der Waals surface area contributed by atoms with Crippen LogP contribution in [0.5, 0.6) is 5.75 Å². The van der Waals surface area contributed by atoms with Crippen molar-refractivity contribution in [2.75, 3.05) is 81.4 Å². The van der Waals surface area contributed by atoms with E-state index in [1.807, 2.05) is 18.2 Å². The van der Waals surface area contributed by atoms with Crippen molar-refractivity contribution in [3.05, 3.63) is 65.9 Å². The van der Waals surface area contributed by atoms with Gasteiger partial charge in [0.2, 0.25) is 5.95 Å². The van der Waals surface area contributed by atoms with Gasteiger partial charge in [-0.05, 0) is 54.7 Å². The molecule has 8 nitrogen and oxygen atoms in total. The molecule has 0 radical (unpaired) electrons. The van der Waals surface area contributed by atoms with E-state index >= 15 is 0 Å². The Labute approximate surface area is 225 Å². The van der Waals surface area contributed by atoms with Crippen LogP contribution in [0.15, 0.2) is 48.8 Å². The fourth-order valence-electron chi connectivity index (χ4n) is 4.22. The van der Waals surface area contributed by atoms with Gasteiger partial charge in [-0.25, -0.2) is 20.0 Å². The molecule has 3 aromatic rings. The van der Waals surface area contributed by atoms with Crippen molar-refractivity contribution in [3.8, 4) is 16.9 Å². The first-order chi connectivity index (χ1) is 18.3. The lowest BCUT2D eigenvalue weighted by Gasteiger charge is -2.28. The fourth-order valence-corrected chi connectivity index (χ4v) is 4.84. The lowest BCUT2D eigenvalue weighted by Crippen LogP contribution is -2.43. The highest BCUT2D eigenvalue weighted by atomic mass is 32.3. The van der Waals surface area contributed by atoms with Crippen molar-refractivity contribution < 1.29 is 13.9 Å². The molecule has 0 spiro atoms. The van der Waals surface area contributed by atoms with E-state index in [4.69, 9.17) is 14.9 Å². The first-order valence-corrected chi connectivity index (χ1v) is 15.6. The molecule has 1 fully saturated rings. The van der Waals surface area contributed by atoms with E-state index in [2.05, 4.69) is 44.3 Å². The number of aromatic nitrogens is 2. The molecule has 4 rings (SSSR count). The summed E-state index contributed by atoms with van der Waals surface area (Å²) in [7, 11) is 0.861. The largest absolute Gasteiger partial charge is 0.496 e. The molecule has 38 heavy (non-hydrogen) atoms. The standard InChI is InChI=1S/C28H37FN6O2S/c1-36-24-8-10-33-28(29)26(24)20-5-6-23(34-19-37-15-16-38(2,3)4)22(17-20)27(30)21-7-9-32-25(18-21)35-13-11-31-12-14-35/h5-10,17-18,30-31,34H,11-16,19H2,1-4H3. The molecule has 3 heterocycles. The lowest BCUT2D eigenvalue weighted by molar-refractivity contribution is 0.169. The Morgan fingerprint density at radius 2 is 1.87 bits per heavy atom. The first kappa shape index (κ1) is 27.8. The number of anilines is 2. The molecule has 0 saturated carbocycles. The number of hydrogen-bond acceptors (Lipinski definition) is 8. The van der Waals surface area contributed by atoms with Crippen LogP contribution in [0.25, 0.3) is 11.1 Å². The first-order valence-electron chi connectivity index (χ1n) is 12.6. The Morgan fingerprint density at radius 1 is 1.11 bits per heavy atom. The quantitative estimate of drug-likeness (QED) is 0.145. The lowest BCUT2D eigenvalue weighted by atomic mass is 9.96. The van der Waals surface area contributed by atoms with Crippen LogP contribution in [-0.2, 0) is 4.74 Å². The number of rotatable bonds is 11. The van der Waals surface area contributed by atoms with Crippen LogP contribution < -0.4 is 20.3 Å². The summed E-state index contributed by atoms with van der Waals surface area (Å²) in [4.78, 5) is 10.6. The van der Waals surface area contributed by atoms with Gasteiger partial charge in [0.25, 0.3) is 0 Å².